The number of hydrogen-bond donors (Lipinski definition) is 1. The van der Waals surface area contributed by atoms with Crippen molar-refractivity contribution in [2.45, 2.75) is 25.7 Å². The van der Waals surface area contributed by atoms with Crippen molar-refractivity contribution in [3.8, 4) is 5.75 Å². The molecule has 0 radical (unpaired) electrons. The summed E-state index contributed by atoms with van der Waals surface area (Å²) in [5.74, 6) is 0.349. The predicted molar refractivity (Wildman–Crippen MR) is 102 cm³/mol. The zero-order chi connectivity index (χ0) is 18.4. The van der Waals surface area contributed by atoms with Crippen molar-refractivity contribution < 1.29 is 14.3 Å². The van der Waals surface area contributed by atoms with Gasteiger partial charge in [0.15, 0.2) is 0 Å². The number of carbonyl (C=O) groups excluding carboxylic acids is 2. The number of likely N-dealkylation sites (tertiary alicyclic amines) is 1. The first-order valence-corrected chi connectivity index (χ1v) is 9.03. The Morgan fingerprint density at radius 3 is 2.23 bits per heavy atom. The molecule has 26 heavy (non-hydrogen) atoms. The summed E-state index contributed by atoms with van der Waals surface area (Å²) in [7, 11) is 1.54. The molecule has 0 aromatic heterocycles. The third kappa shape index (κ3) is 4.23. The van der Waals surface area contributed by atoms with E-state index in [2.05, 4.69) is 5.32 Å². The van der Waals surface area contributed by atoms with Crippen LogP contribution in [0.3, 0.4) is 0 Å². The summed E-state index contributed by atoms with van der Waals surface area (Å²) >= 11 is 0. The van der Waals surface area contributed by atoms with Gasteiger partial charge in [-0.15, -0.1) is 0 Å². The van der Waals surface area contributed by atoms with Gasteiger partial charge in [0.2, 0.25) is 0 Å². The molecule has 0 spiro atoms. The van der Waals surface area contributed by atoms with E-state index in [-0.39, 0.29) is 11.8 Å². The van der Waals surface area contributed by atoms with E-state index in [4.69, 9.17) is 4.74 Å². The minimum Gasteiger partial charge on any atom is -0.496 e. The molecule has 1 aliphatic heterocycles. The second kappa shape index (κ2) is 8.52. The van der Waals surface area contributed by atoms with Crippen molar-refractivity contribution >= 4 is 17.5 Å². The number of amides is 2. The quantitative estimate of drug-likeness (QED) is 0.906. The number of benzene rings is 2. The molecule has 2 aromatic rings. The summed E-state index contributed by atoms with van der Waals surface area (Å²) < 4.78 is 5.22. The number of hydrogen-bond acceptors (Lipinski definition) is 3. The fourth-order valence-corrected chi connectivity index (χ4v) is 3.18. The lowest BCUT2D eigenvalue weighted by Crippen LogP contribution is -2.31. The number of ether oxygens (including phenoxy) is 1. The van der Waals surface area contributed by atoms with E-state index >= 15 is 0 Å². The van der Waals surface area contributed by atoms with Crippen molar-refractivity contribution in [1.82, 2.24) is 4.90 Å². The Balaban J connectivity index is 1.67. The number of nitrogens with zero attached hydrogens (tertiary/aromatic N) is 1. The van der Waals surface area contributed by atoms with Crippen molar-refractivity contribution in [3.05, 3.63) is 59.7 Å². The molecule has 1 aliphatic rings. The van der Waals surface area contributed by atoms with Gasteiger partial charge in [-0.25, -0.2) is 0 Å². The van der Waals surface area contributed by atoms with Crippen molar-refractivity contribution in [2.24, 2.45) is 0 Å². The molecule has 5 nitrogen and oxygen atoms in total. The van der Waals surface area contributed by atoms with E-state index in [0.717, 1.165) is 25.9 Å². The van der Waals surface area contributed by atoms with Crippen LogP contribution in [0.4, 0.5) is 5.69 Å². The highest BCUT2D eigenvalue weighted by atomic mass is 16.5. The van der Waals surface area contributed by atoms with Crippen LogP contribution in [0.5, 0.6) is 5.75 Å². The molecule has 1 fully saturated rings. The first-order valence-electron chi connectivity index (χ1n) is 9.03. The summed E-state index contributed by atoms with van der Waals surface area (Å²) in [6.45, 7) is 1.65. The summed E-state index contributed by atoms with van der Waals surface area (Å²) in [5, 5.41) is 2.84. The maximum Gasteiger partial charge on any atom is 0.259 e. The predicted octanol–water partition coefficient (Wildman–Crippen LogP) is 3.96. The van der Waals surface area contributed by atoms with E-state index in [1.165, 1.54) is 20.0 Å². The highest BCUT2D eigenvalue weighted by Crippen LogP contribution is 2.20. The van der Waals surface area contributed by atoms with E-state index in [1.54, 1.807) is 42.5 Å². The average Bonchev–Trinajstić information content (AvgIpc) is 2.97. The zero-order valence-corrected chi connectivity index (χ0v) is 15.0. The molecule has 0 bridgehead atoms. The minimum absolute atomic E-state index is 0.0644. The van der Waals surface area contributed by atoms with Gasteiger partial charge in [0.25, 0.3) is 11.8 Å². The van der Waals surface area contributed by atoms with Crippen LogP contribution in [0.25, 0.3) is 0 Å². The molecular weight excluding hydrogens is 328 g/mol. The molecule has 0 unspecified atom stereocenters. The molecular formula is C21H24N2O3. The number of para-hydroxylation sites is 1. The number of anilines is 1. The SMILES string of the molecule is COc1ccccc1C(=O)Nc1ccc(C(=O)N2CCCCCC2)cc1. The van der Waals surface area contributed by atoms with Crippen LogP contribution >= 0.6 is 0 Å². The lowest BCUT2D eigenvalue weighted by atomic mass is 10.1. The zero-order valence-electron chi connectivity index (χ0n) is 15.0. The summed E-state index contributed by atoms with van der Waals surface area (Å²) in [4.78, 5) is 27.0. The van der Waals surface area contributed by atoms with Gasteiger partial charge in [-0.3, -0.25) is 9.59 Å². The first kappa shape index (κ1) is 18.0. The van der Waals surface area contributed by atoms with Crippen LogP contribution in [0.1, 0.15) is 46.4 Å². The molecule has 1 N–H and O–H groups in total. The first-order chi connectivity index (χ1) is 12.7. The average molecular weight is 352 g/mol. The maximum absolute atomic E-state index is 12.6. The molecule has 5 heteroatoms. The molecule has 1 saturated heterocycles. The Labute approximate surface area is 154 Å². The van der Waals surface area contributed by atoms with Gasteiger partial charge < -0.3 is 15.0 Å². The Morgan fingerprint density at radius 1 is 0.923 bits per heavy atom. The van der Waals surface area contributed by atoms with Gasteiger partial charge in [-0.05, 0) is 49.2 Å². The lowest BCUT2D eigenvalue weighted by molar-refractivity contribution is 0.0761. The lowest BCUT2D eigenvalue weighted by Gasteiger charge is -2.20. The van der Waals surface area contributed by atoms with Gasteiger partial charge >= 0.3 is 0 Å². The van der Waals surface area contributed by atoms with Crippen LogP contribution in [0, 0.1) is 0 Å². The maximum atomic E-state index is 12.6. The number of carbonyl (C=O) groups is 2. The normalized spacial score (nSPS) is 14.4. The summed E-state index contributed by atoms with van der Waals surface area (Å²) in [6, 6.07) is 14.1. The number of nitrogens with one attached hydrogen (secondary N) is 1. The Kier molecular flexibility index (Phi) is 5.89. The summed E-state index contributed by atoms with van der Waals surface area (Å²) in [5.41, 5.74) is 1.77. The highest BCUT2D eigenvalue weighted by Gasteiger charge is 2.17. The van der Waals surface area contributed by atoms with E-state index in [1.807, 2.05) is 11.0 Å². The van der Waals surface area contributed by atoms with Crippen LogP contribution < -0.4 is 10.1 Å². The fourth-order valence-electron chi connectivity index (χ4n) is 3.18. The van der Waals surface area contributed by atoms with Crippen molar-refractivity contribution in [1.29, 1.82) is 0 Å². The van der Waals surface area contributed by atoms with Gasteiger partial charge in [0, 0.05) is 24.3 Å². The van der Waals surface area contributed by atoms with Crippen LogP contribution in [0.2, 0.25) is 0 Å². The largest absolute Gasteiger partial charge is 0.496 e. The molecule has 3 rings (SSSR count). The topological polar surface area (TPSA) is 58.6 Å². The minimum atomic E-state index is -0.242. The molecule has 2 amide bonds. The Morgan fingerprint density at radius 2 is 1.58 bits per heavy atom. The van der Waals surface area contributed by atoms with Gasteiger partial charge in [0.05, 0.1) is 12.7 Å². The second-order valence-electron chi connectivity index (χ2n) is 6.44. The number of rotatable bonds is 4. The fraction of sp³-hybridized carbons (Fsp3) is 0.333. The van der Waals surface area contributed by atoms with E-state index in [9.17, 15) is 9.59 Å². The monoisotopic (exact) mass is 352 g/mol. The molecule has 0 aliphatic carbocycles. The standard InChI is InChI=1S/C21H24N2O3/c1-26-19-9-5-4-8-18(19)20(24)22-17-12-10-16(11-13-17)21(25)23-14-6-2-3-7-15-23/h4-5,8-13H,2-3,6-7,14-15H2,1H3,(H,22,24). The molecule has 1 heterocycles. The van der Waals surface area contributed by atoms with Crippen LogP contribution in [-0.4, -0.2) is 36.9 Å². The molecule has 0 saturated carbocycles. The van der Waals surface area contributed by atoms with Crippen molar-refractivity contribution in [2.75, 3.05) is 25.5 Å². The van der Waals surface area contributed by atoms with E-state index < -0.39 is 0 Å². The van der Waals surface area contributed by atoms with Crippen LogP contribution in [0.15, 0.2) is 48.5 Å². The van der Waals surface area contributed by atoms with E-state index in [0.29, 0.717) is 22.6 Å². The smallest absolute Gasteiger partial charge is 0.259 e. The molecule has 0 atom stereocenters. The molecule has 136 valence electrons. The third-order valence-corrected chi connectivity index (χ3v) is 4.63. The Hall–Kier alpha value is -2.82. The second-order valence-corrected chi connectivity index (χ2v) is 6.44. The van der Waals surface area contributed by atoms with Crippen molar-refractivity contribution in [3.63, 3.8) is 0 Å². The number of methoxy groups -OCH3 is 1. The van der Waals surface area contributed by atoms with Crippen LogP contribution in [-0.2, 0) is 0 Å². The van der Waals surface area contributed by atoms with Gasteiger partial charge in [-0.1, -0.05) is 25.0 Å². The molecule has 2 aromatic carbocycles. The van der Waals surface area contributed by atoms with Gasteiger partial charge in [-0.2, -0.15) is 0 Å². The van der Waals surface area contributed by atoms with Gasteiger partial charge in [0.1, 0.15) is 5.75 Å². The third-order valence-electron chi connectivity index (χ3n) is 4.63. The summed E-state index contributed by atoms with van der Waals surface area (Å²) in [6.07, 6.45) is 4.52. The highest BCUT2D eigenvalue weighted by molar-refractivity contribution is 6.06. The Bertz CT molecular complexity index is 763.